The molecule has 4 rings (SSSR count). The molecule has 178 valence electrons. The average molecular weight is 467 g/mol. The number of aryl methyl sites for hydroxylation is 1. The number of nitrogens with zero attached hydrogens (tertiary/aromatic N) is 3. The van der Waals surface area contributed by atoms with E-state index in [-0.39, 0.29) is 17.6 Å². The highest BCUT2D eigenvalue weighted by Crippen LogP contribution is 2.36. The Morgan fingerprint density at radius 2 is 2.00 bits per heavy atom. The summed E-state index contributed by atoms with van der Waals surface area (Å²) in [7, 11) is 0. The van der Waals surface area contributed by atoms with Gasteiger partial charge in [0.1, 0.15) is 6.10 Å². The van der Waals surface area contributed by atoms with Gasteiger partial charge in [-0.25, -0.2) is 9.78 Å². The second-order valence-electron chi connectivity index (χ2n) is 7.93. The number of carbonyl (C=O) groups excluding carboxylic acids is 1. The summed E-state index contributed by atoms with van der Waals surface area (Å²) in [6.07, 6.45) is 0.922. The van der Waals surface area contributed by atoms with Crippen LogP contribution in [-0.4, -0.2) is 69.4 Å². The first-order valence-corrected chi connectivity index (χ1v) is 10.3. The van der Waals surface area contributed by atoms with E-state index < -0.39 is 12.1 Å². The van der Waals surface area contributed by atoms with Crippen LogP contribution < -0.4 is 4.74 Å². The number of likely N-dealkylation sites (tertiary alicyclic amines) is 1. The Hall–Kier alpha value is -3.21. The molecule has 1 spiro atoms. The van der Waals surface area contributed by atoms with Gasteiger partial charge in [-0.05, 0) is 38.0 Å². The first-order chi connectivity index (χ1) is 15.6. The van der Waals surface area contributed by atoms with Crippen molar-refractivity contribution in [2.24, 2.45) is 0 Å². The normalized spacial score (nSPS) is 22.4. The predicted octanol–water partition coefficient (Wildman–Crippen LogP) is 3.26. The van der Waals surface area contributed by atoms with Gasteiger partial charge in [-0.2, -0.15) is 13.2 Å². The molecule has 0 bridgehead atoms. The molecule has 2 saturated heterocycles. The van der Waals surface area contributed by atoms with Crippen molar-refractivity contribution >= 4 is 11.9 Å². The van der Waals surface area contributed by atoms with Crippen LogP contribution in [0.5, 0.6) is 5.88 Å². The third-order valence-electron chi connectivity index (χ3n) is 5.33. The van der Waals surface area contributed by atoms with E-state index >= 15 is 0 Å². The van der Waals surface area contributed by atoms with Gasteiger partial charge in [-0.15, -0.1) is 0 Å². The van der Waals surface area contributed by atoms with Crippen LogP contribution in [0, 0.1) is 6.92 Å². The molecule has 2 atom stereocenters. The molecule has 2 aromatic heterocycles. The number of aromatic nitrogens is 2. The minimum Gasteiger partial charge on any atom is -0.475 e. The Bertz CT molecular complexity index is 956. The summed E-state index contributed by atoms with van der Waals surface area (Å²) in [4.78, 5) is 32.1. The lowest BCUT2D eigenvalue weighted by Crippen LogP contribution is -2.50. The van der Waals surface area contributed by atoms with Crippen molar-refractivity contribution in [1.29, 1.82) is 0 Å². The molecule has 2 aliphatic heterocycles. The molecule has 11 heteroatoms. The van der Waals surface area contributed by atoms with Gasteiger partial charge in [-0.1, -0.05) is 6.07 Å². The van der Waals surface area contributed by atoms with Crippen LogP contribution in [0.15, 0.2) is 42.7 Å². The van der Waals surface area contributed by atoms with Crippen LogP contribution in [-0.2, 0) is 9.53 Å². The van der Waals surface area contributed by atoms with E-state index in [9.17, 15) is 18.0 Å². The van der Waals surface area contributed by atoms with Gasteiger partial charge in [0, 0.05) is 37.1 Å². The minimum absolute atomic E-state index is 0.0225. The highest BCUT2D eigenvalue weighted by Gasteiger charge is 2.45. The van der Waals surface area contributed by atoms with Crippen molar-refractivity contribution in [2.45, 2.75) is 44.1 Å². The molecule has 0 unspecified atom stereocenters. The van der Waals surface area contributed by atoms with Crippen molar-refractivity contribution < 1.29 is 37.3 Å². The molecular weight excluding hydrogens is 443 g/mol. The number of hydrogen-bond acceptors (Lipinski definition) is 6. The van der Waals surface area contributed by atoms with Gasteiger partial charge in [-0.3, -0.25) is 9.78 Å². The van der Waals surface area contributed by atoms with Crippen LogP contribution in [0.1, 0.15) is 35.3 Å². The van der Waals surface area contributed by atoms with Gasteiger partial charge in [0.15, 0.2) is 0 Å². The van der Waals surface area contributed by atoms with Crippen LogP contribution in [0.25, 0.3) is 0 Å². The van der Waals surface area contributed by atoms with E-state index in [1.807, 2.05) is 42.2 Å². The number of halogens is 3. The van der Waals surface area contributed by atoms with E-state index in [0.717, 1.165) is 31.5 Å². The fourth-order valence-electron chi connectivity index (χ4n) is 3.80. The van der Waals surface area contributed by atoms with Gasteiger partial charge in [0.05, 0.1) is 24.3 Å². The molecule has 0 aromatic carbocycles. The minimum atomic E-state index is -5.08. The molecule has 33 heavy (non-hydrogen) atoms. The number of carboxylic acids is 1. The van der Waals surface area contributed by atoms with Crippen LogP contribution >= 0.6 is 0 Å². The second-order valence-corrected chi connectivity index (χ2v) is 7.93. The molecule has 2 aromatic rings. The monoisotopic (exact) mass is 467 g/mol. The Morgan fingerprint density at radius 1 is 1.24 bits per heavy atom. The molecule has 2 fully saturated rings. The van der Waals surface area contributed by atoms with Crippen molar-refractivity contribution in [2.75, 3.05) is 19.7 Å². The first-order valence-electron chi connectivity index (χ1n) is 10.3. The Kier molecular flexibility index (Phi) is 7.52. The number of rotatable bonds is 3. The number of aliphatic carboxylic acids is 1. The number of pyridine rings is 2. The third-order valence-corrected chi connectivity index (χ3v) is 5.33. The van der Waals surface area contributed by atoms with Gasteiger partial charge in [0.2, 0.25) is 5.88 Å². The number of hydrogen-bond donors (Lipinski definition) is 1. The molecule has 4 heterocycles. The summed E-state index contributed by atoms with van der Waals surface area (Å²) in [5.74, 6) is -2.12. The number of ether oxygens (including phenoxy) is 2. The summed E-state index contributed by atoms with van der Waals surface area (Å²) >= 11 is 0. The predicted molar refractivity (Wildman–Crippen MR) is 110 cm³/mol. The number of carbonyl (C=O) groups is 2. The molecule has 1 N–H and O–H groups in total. The average Bonchev–Trinajstić information content (AvgIpc) is 3.15. The maximum absolute atomic E-state index is 12.8. The quantitative estimate of drug-likeness (QED) is 0.739. The van der Waals surface area contributed by atoms with E-state index in [2.05, 4.69) is 9.97 Å². The Labute approximate surface area is 188 Å². The zero-order valence-corrected chi connectivity index (χ0v) is 17.9. The molecule has 1 amide bonds. The van der Waals surface area contributed by atoms with Gasteiger partial charge >= 0.3 is 12.1 Å². The SMILES string of the molecule is Cc1ccc(C(=O)N2CCC[C@]3(C[C@@H](Oc4ccccn4)CO3)C2)cn1.O=C(O)C(F)(F)F. The topological polar surface area (TPSA) is 102 Å². The zero-order valence-electron chi connectivity index (χ0n) is 17.9. The Morgan fingerprint density at radius 3 is 2.61 bits per heavy atom. The maximum atomic E-state index is 12.8. The largest absolute Gasteiger partial charge is 0.490 e. The molecule has 0 radical (unpaired) electrons. The van der Waals surface area contributed by atoms with Crippen LogP contribution in [0.2, 0.25) is 0 Å². The summed E-state index contributed by atoms with van der Waals surface area (Å²) in [5.41, 5.74) is 1.23. The molecule has 2 aliphatic rings. The lowest BCUT2D eigenvalue weighted by molar-refractivity contribution is -0.192. The molecule has 0 aliphatic carbocycles. The second kappa shape index (κ2) is 10.2. The summed E-state index contributed by atoms with van der Waals surface area (Å²) < 4.78 is 43.8. The van der Waals surface area contributed by atoms with Gasteiger partial charge < -0.3 is 19.5 Å². The fraction of sp³-hybridized carbons (Fsp3) is 0.455. The van der Waals surface area contributed by atoms with E-state index in [1.54, 1.807) is 12.4 Å². The first kappa shape index (κ1) is 24.4. The van der Waals surface area contributed by atoms with E-state index in [0.29, 0.717) is 24.6 Å². The standard InChI is InChI=1S/C20H23N3O3.C2HF3O2/c1-15-6-7-16(12-22-15)19(24)23-10-4-8-20(14-23)11-17(13-25-20)26-18-5-2-3-9-21-18;3-2(4,5)1(6)7/h2-3,5-7,9,12,17H,4,8,10-11,13-14H2,1H3;(H,6,7)/t17-,20+;/m1./s1. The van der Waals surface area contributed by atoms with Crippen molar-refractivity contribution in [3.05, 3.63) is 54.0 Å². The number of piperidine rings is 1. The van der Waals surface area contributed by atoms with Crippen LogP contribution in [0.3, 0.4) is 0 Å². The highest BCUT2D eigenvalue weighted by molar-refractivity contribution is 5.94. The number of carboxylic acid groups (broad SMARTS) is 1. The van der Waals surface area contributed by atoms with E-state index in [4.69, 9.17) is 19.4 Å². The summed E-state index contributed by atoms with van der Waals surface area (Å²) in [6, 6.07) is 9.34. The Balaban J connectivity index is 0.000000383. The van der Waals surface area contributed by atoms with Crippen LogP contribution in [0.4, 0.5) is 13.2 Å². The fourth-order valence-corrected chi connectivity index (χ4v) is 3.80. The molecule has 0 saturated carbocycles. The molecular formula is C22H24F3N3O5. The number of alkyl halides is 3. The lowest BCUT2D eigenvalue weighted by atomic mass is 9.89. The zero-order chi connectivity index (χ0) is 24.1. The highest BCUT2D eigenvalue weighted by atomic mass is 19.4. The number of amides is 1. The van der Waals surface area contributed by atoms with Crippen molar-refractivity contribution in [1.82, 2.24) is 14.9 Å². The van der Waals surface area contributed by atoms with Crippen molar-refractivity contribution in [3.8, 4) is 5.88 Å². The molecule has 8 nitrogen and oxygen atoms in total. The summed E-state index contributed by atoms with van der Waals surface area (Å²) in [6.45, 7) is 3.80. The van der Waals surface area contributed by atoms with E-state index in [1.165, 1.54) is 0 Å². The smallest absolute Gasteiger partial charge is 0.475 e. The van der Waals surface area contributed by atoms with Gasteiger partial charge in [0.25, 0.3) is 5.91 Å². The third kappa shape index (κ3) is 6.64. The van der Waals surface area contributed by atoms with Crippen molar-refractivity contribution in [3.63, 3.8) is 0 Å². The summed E-state index contributed by atoms with van der Waals surface area (Å²) in [5, 5.41) is 7.12. The lowest BCUT2D eigenvalue weighted by Gasteiger charge is -2.39. The maximum Gasteiger partial charge on any atom is 0.490 e.